The van der Waals surface area contributed by atoms with Gasteiger partial charge in [-0.2, -0.15) is 0 Å². The molecule has 0 saturated carbocycles. The number of anilines is 1. The highest BCUT2D eigenvalue weighted by atomic mass is 16.5. The third-order valence-corrected chi connectivity index (χ3v) is 4.47. The number of amides is 1. The van der Waals surface area contributed by atoms with Crippen LogP contribution in [0, 0.1) is 18.8 Å². The zero-order valence-electron chi connectivity index (χ0n) is 17.6. The molecule has 0 aliphatic carbocycles. The fourth-order valence-corrected chi connectivity index (χ4v) is 2.78. The van der Waals surface area contributed by atoms with Crippen LogP contribution >= 0.6 is 0 Å². The molecule has 0 heterocycles. The Hall–Kier alpha value is -4.04. The van der Waals surface area contributed by atoms with Crippen molar-refractivity contribution in [1.29, 1.82) is 0 Å². The van der Waals surface area contributed by atoms with Gasteiger partial charge in [-0.3, -0.25) is 4.79 Å². The number of ether oxygens (including phenoxy) is 2. The van der Waals surface area contributed by atoms with Crippen LogP contribution < -0.4 is 10.1 Å². The van der Waals surface area contributed by atoms with Gasteiger partial charge < -0.3 is 14.8 Å². The standard InChI is InChI=1S/C26H23NO4/c1-18-10-14-24(15-11-18)31-19(2)25(28)27-23-9-5-7-21(17-23)13-12-20-6-4-8-22(16-20)26(29)30-3/h4-11,14-17,19H,1-3H3,(H,27,28). The van der Waals surface area contributed by atoms with Gasteiger partial charge in [0.05, 0.1) is 12.7 Å². The van der Waals surface area contributed by atoms with Crippen molar-refractivity contribution >= 4 is 17.6 Å². The predicted octanol–water partition coefficient (Wildman–Crippen LogP) is 4.59. The number of hydrogen-bond acceptors (Lipinski definition) is 4. The van der Waals surface area contributed by atoms with Gasteiger partial charge in [-0.25, -0.2) is 4.79 Å². The van der Waals surface area contributed by atoms with E-state index in [-0.39, 0.29) is 5.91 Å². The van der Waals surface area contributed by atoms with E-state index in [1.807, 2.05) is 49.4 Å². The Kier molecular flexibility index (Phi) is 7.08. The Morgan fingerprint density at radius 1 is 0.903 bits per heavy atom. The maximum atomic E-state index is 12.5. The lowest BCUT2D eigenvalue weighted by Crippen LogP contribution is -2.30. The molecule has 1 atom stereocenters. The van der Waals surface area contributed by atoms with Gasteiger partial charge in [0.15, 0.2) is 6.10 Å². The van der Waals surface area contributed by atoms with Crippen LogP contribution in [-0.2, 0) is 9.53 Å². The number of rotatable bonds is 5. The molecule has 5 heteroatoms. The molecule has 5 nitrogen and oxygen atoms in total. The number of benzene rings is 3. The second kappa shape index (κ2) is 10.1. The highest BCUT2D eigenvalue weighted by Gasteiger charge is 2.15. The Morgan fingerprint density at radius 3 is 2.23 bits per heavy atom. The van der Waals surface area contributed by atoms with E-state index in [1.54, 1.807) is 37.3 Å². The molecule has 31 heavy (non-hydrogen) atoms. The molecule has 0 spiro atoms. The fourth-order valence-electron chi connectivity index (χ4n) is 2.78. The van der Waals surface area contributed by atoms with Crippen molar-refractivity contribution in [2.45, 2.75) is 20.0 Å². The minimum Gasteiger partial charge on any atom is -0.481 e. The number of aryl methyl sites for hydroxylation is 1. The largest absolute Gasteiger partial charge is 0.481 e. The highest BCUT2D eigenvalue weighted by Crippen LogP contribution is 2.15. The highest BCUT2D eigenvalue weighted by molar-refractivity contribution is 5.94. The third-order valence-electron chi connectivity index (χ3n) is 4.47. The molecule has 0 aliphatic heterocycles. The lowest BCUT2D eigenvalue weighted by atomic mass is 10.1. The first kappa shape index (κ1) is 21.7. The topological polar surface area (TPSA) is 64.6 Å². The molecular weight excluding hydrogens is 390 g/mol. The lowest BCUT2D eigenvalue weighted by Gasteiger charge is -2.15. The van der Waals surface area contributed by atoms with E-state index in [1.165, 1.54) is 7.11 Å². The van der Waals surface area contributed by atoms with Crippen molar-refractivity contribution < 1.29 is 19.1 Å². The SMILES string of the molecule is COC(=O)c1cccc(C#Cc2cccc(NC(=O)C(C)Oc3ccc(C)cc3)c2)c1. The van der Waals surface area contributed by atoms with Crippen LogP contribution in [0.4, 0.5) is 5.69 Å². The zero-order chi connectivity index (χ0) is 22.2. The number of methoxy groups -OCH3 is 1. The van der Waals surface area contributed by atoms with E-state index in [2.05, 4.69) is 17.2 Å². The first-order valence-electron chi connectivity index (χ1n) is 9.79. The first-order chi connectivity index (χ1) is 14.9. The van der Waals surface area contributed by atoms with Gasteiger partial charge >= 0.3 is 5.97 Å². The average Bonchev–Trinajstić information content (AvgIpc) is 2.79. The molecule has 0 bridgehead atoms. The molecule has 0 aromatic heterocycles. The summed E-state index contributed by atoms with van der Waals surface area (Å²) in [5, 5.41) is 2.85. The molecule has 1 N–H and O–H groups in total. The van der Waals surface area contributed by atoms with Crippen LogP contribution in [-0.4, -0.2) is 25.1 Å². The van der Waals surface area contributed by atoms with Crippen molar-refractivity contribution in [1.82, 2.24) is 0 Å². The van der Waals surface area contributed by atoms with E-state index in [4.69, 9.17) is 9.47 Å². The normalized spacial score (nSPS) is 10.9. The van der Waals surface area contributed by atoms with E-state index in [0.717, 1.165) is 11.1 Å². The quantitative estimate of drug-likeness (QED) is 0.491. The molecule has 156 valence electrons. The summed E-state index contributed by atoms with van der Waals surface area (Å²) in [5.74, 6) is 6.05. The van der Waals surface area contributed by atoms with Crippen molar-refractivity contribution in [2.24, 2.45) is 0 Å². The molecule has 0 aliphatic rings. The molecular formula is C26H23NO4. The van der Waals surface area contributed by atoms with E-state index in [9.17, 15) is 9.59 Å². The van der Waals surface area contributed by atoms with Crippen molar-refractivity contribution in [3.8, 4) is 17.6 Å². The van der Waals surface area contributed by atoms with Gasteiger partial charge in [0, 0.05) is 16.8 Å². The Balaban J connectivity index is 1.67. The molecule has 0 saturated heterocycles. The number of nitrogens with one attached hydrogen (secondary N) is 1. The van der Waals surface area contributed by atoms with Gasteiger partial charge in [0.1, 0.15) is 5.75 Å². The van der Waals surface area contributed by atoms with Crippen LogP contribution in [0.25, 0.3) is 0 Å². The van der Waals surface area contributed by atoms with Crippen LogP contribution in [0.1, 0.15) is 34.0 Å². The molecule has 1 unspecified atom stereocenters. The van der Waals surface area contributed by atoms with Gasteiger partial charge in [0.2, 0.25) is 0 Å². The maximum Gasteiger partial charge on any atom is 0.337 e. The summed E-state index contributed by atoms with van der Waals surface area (Å²) in [7, 11) is 1.34. The number of hydrogen-bond donors (Lipinski definition) is 1. The lowest BCUT2D eigenvalue weighted by molar-refractivity contribution is -0.122. The molecule has 3 rings (SSSR count). The van der Waals surface area contributed by atoms with Gasteiger partial charge in [-0.1, -0.05) is 41.7 Å². The summed E-state index contributed by atoms with van der Waals surface area (Å²) < 4.78 is 10.4. The summed E-state index contributed by atoms with van der Waals surface area (Å²) in [4.78, 5) is 24.1. The average molecular weight is 413 g/mol. The van der Waals surface area contributed by atoms with E-state index >= 15 is 0 Å². The molecule has 3 aromatic carbocycles. The van der Waals surface area contributed by atoms with Crippen LogP contribution in [0.5, 0.6) is 5.75 Å². The second-order valence-corrected chi connectivity index (χ2v) is 6.97. The number of carbonyl (C=O) groups excluding carboxylic acids is 2. The second-order valence-electron chi connectivity index (χ2n) is 6.97. The fraction of sp³-hybridized carbons (Fsp3) is 0.154. The summed E-state index contributed by atoms with van der Waals surface area (Å²) in [6.45, 7) is 3.69. The Bertz CT molecular complexity index is 1140. The smallest absolute Gasteiger partial charge is 0.337 e. The molecule has 0 fully saturated rings. The van der Waals surface area contributed by atoms with Crippen LogP contribution in [0.15, 0.2) is 72.8 Å². The molecule has 0 radical (unpaired) electrons. The molecule has 3 aromatic rings. The first-order valence-corrected chi connectivity index (χ1v) is 9.79. The van der Waals surface area contributed by atoms with Gasteiger partial charge in [-0.15, -0.1) is 0 Å². The molecule has 1 amide bonds. The number of carbonyl (C=O) groups is 2. The number of esters is 1. The minimum atomic E-state index is -0.654. The van der Waals surface area contributed by atoms with Crippen molar-refractivity contribution in [2.75, 3.05) is 12.4 Å². The monoisotopic (exact) mass is 413 g/mol. The maximum absolute atomic E-state index is 12.5. The van der Waals surface area contributed by atoms with Crippen LogP contribution in [0.3, 0.4) is 0 Å². The zero-order valence-corrected chi connectivity index (χ0v) is 17.6. The van der Waals surface area contributed by atoms with Gasteiger partial charge in [-0.05, 0) is 62.4 Å². The van der Waals surface area contributed by atoms with Crippen molar-refractivity contribution in [3.63, 3.8) is 0 Å². The predicted molar refractivity (Wildman–Crippen MR) is 120 cm³/mol. The van der Waals surface area contributed by atoms with Gasteiger partial charge in [0.25, 0.3) is 5.91 Å². The Morgan fingerprint density at radius 2 is 1.55 bits per heavy atom. The summed E-state index contributed by atoms with van der Waals surface area (Å²) in [6, 6.07) is 21.7. The summed E-state index contributed by atoms with van der Waals surface area (Å²) in [5.41, 5.74) is 3.61. The Labute approximate surface area is 182 Å². The summed E-state index contributed by atoms with van der Waals surface area (Å²) in [6.07, 6.45) is -0.654. The minimum absolute atomic E-state index is 0.253. The van der Waals surface area contributed by atoms with E-state index in [0.29, 0.717) is 22.6 Å². The summed E-state index contributed by atoms with van der Waals surface area (Å²) >= 11 is 0. The van der Waals surface area contributed by atoms with E-state index < -0.39 is 12.1 Å². The van der Waals surface area contributed by atoms with Crippen molar-refractivity contribution in [3.05, 3.63) is 95.1 Å². The third kappa shape index (κ3) is 6.22. The van der Waals surface area contributed by atoms with Crippen LogP contribution in [0.2, 0.25) is 0 Å².